The Morgan fingerprint density at radius 1 is 1.16 bits per heavy atom. The van der Waals surface area contributed by atoms with Crippen LogP contribution < -0.4 is 10.1 Å². The fourth-order valence-corrected chi connectivity index (χ4v) is 2.64. The molecule has 6 nitrogen and oxygen atoms in total. The molecule has 0 aliphatic heterocycles. The number of carbonyl (C=O) groups is 1. The first kappa shape index (κ1) is 17.0. The quantitative estimate of drug-likeness (QED) is 0.651. The van der Waals surface area contributed by atoms with Gasteiger partial charge in [-0.3, -0.25) is 4.79 Å². The van der Waals surface area contributed by atoms with Crippen molar-refractivity contribution in [2.75, 3.05) is 11.1 Å². The lowest BCUT2D eigenvalue weighted by atomic mass is 10.2. The maximum atomic E-state index is 12.0. The number of hydrogen-bond donors (Lipinski definition) is 1. The van der Waals surface area contributed by atoms with Crippen LogP contribution >= 0.6 is 11.8 Å². The van der Waals surface area contributed by atoms with E-state index < -0.39 is 0 Å². The highest BCUT2D eigenvalue weighted by Gasteiger charge is 2.10. The number of thioether (sulfide) groups is 1. The Labute approximate surface area is 149 Å². The molecule has 0 saturated heterocycles. The highest BCUT2D eigenvalue weighted by atomic mass is 32.2. The number of para-hydroxylation sites is 1. The van der Waals surface area contributed by atoms with Crippen LogP contribution in [0.1, 0.15) is 11.5 Å². The maximum absolute atomic E-state index is 12.0. The summed E-state index contributed by atoms with van der Waals surface area (Å²) in [4.78, 5) is 12.0. The Bertz CT molecular complexity index is 836. The molecule has 3 rings (SSSR count). The summed E-state index contributed by atoms with van der Waals surface area (Å²) in [5.74, 6) is 1.16. The minimum atomic E-state index is -0.129. The SMILES string of the molecule is Cc1cccc(NC(=O)CSc2nnc(COc3ccccc3)o2)c1. The van der Waals surface area contributed by atoms with Gasteiger partial charge in [0.15, 0.2) is 6.61 Å². The monoisotopic (exact) mass is 355 g/mol. The van der Waals surface area contributed by atoms with Gasteiger partial charge < -0.3 is 14.5 Å². The topological polar surface area (TPSA) is 77.2 Å². The fourth-order valence-electron chi connectivity index (χ4n) is 2.06. The number of rotatable bonds is 7. The van der Waals surface area contributed by atoms with E-state index in [1.54, 1.807) is 0 Å². The minimum absolute atomic E-state index is 0.129. The number of aromatic nitrogens is 2. The number of nitrogens with zero attached hydrogens (tertiary/aromatic N) is 2. The summed E-state index contributed by atoms with van der Waals surface area (Å²) in [6, 6.07) is 17.0. The molecular weight excluding hydrogens is 338 g/mol. The van der Waals surface area contributed by atoms with Gasteiger partial charge in [-0.1, -0.05) is 42.1 Å². The number of anilines is 1. The molecule has 0 aliphatic carbocycles. The Hall–Kier alpha value is -2.80. The van der Waals surface area contributed by atoms with E-state index in [4.69, 9.17) is 9.15 Å². The van der Waals surface area contributed by atoms with Crippen LogP contribution in [0.3, 0.4) is 0 Å². The van der Waals surface area contributed by atoms with Gasteiger partial charge in [-0.25, -0.2) is 0 Å². The van der Waals surface area contributed by atoms with Crippen LogP contribution in [0, 0.1) is 6.92 Å². The summed E-state index contributed by atoms with van der Waals surface area (Å²) < 4.78 is 11.0. The van der Waals surface area contributed by atoms with Crippen LogP contribution in [0.5, 0.6) is 5.75 Å². The summed E-state index contributed by atoms with van der Waals surface area (Å²) in [6.45, 7) is 2.16. The van der Waals surface area contributed by atoms with Crippen LogP contribution in [0.25, 0.3) is 0 Å². The molecule has 0 spiro atoms. The zero-order valence-electron chi connectivity index (χ0n) is 13.6. The average Bonchev–Trinajstić information content (AvgIpc) is 3.07. The molecule has 128 valence electrons. The third kappa shape index (κ3) is 5.36. The van der Waals surface area contributed by atoms with Gasteiger partial charge in [0.2, 0.25) is 5.91 Å². The number of carbonyl (C=O) groups excluding carboxylic acids is 1. The molecule has 1 heterocycles. The molecule has 1 amide bonds. The van der Waals surface area contributed by atoms with Crippen LogP contribution in [0.15, 0.2) is 64.2 Å². The van der Waals surface area contributed by atoms with Crippen molar-refractivity contribution in [3.63, 3.8) is 0 Å². The molecule has 25 heavy (non-hydrogen) atoms. The van der Waals surface area contributed by atoms with E-state index in [0.717, 1.165) is 17.0 Å². The van der Waals surface area contributed by atoms with Crippen LogP contribution in [0.4, 0.5) is 5.69 Å². The molecule has 1 aromatic heterocycles. The van der Waals surface area contributed by atoms with Crippen molar-refractivity contribution in [2.24, 2.45) is 0 Å². The molecule has 0 aliphatic rings. The molecule has 3 aromatic rings. The van der Waals surface area contributed by atoms with Gasteiger partial charge in [-0.2, -0.15) is 0 Å². The predicted molar refractivity (Wildman–Crippen MR) is 95.6 cm³/mol. The Kier molecular flexibility index (Phi) is 5.69. The first-order chi connectivity index (χ1) is 12.2. The number of aryl methyl sites for hydroxylation is 1. The molecule has 1 N–H and O–H groups in total. The van der Waals surface area contributed by atoms with E-state index in [2.05, 4.69) is 15.5 Å². The molecule has 0 unspecified atom stereocenters. The second-order valence-corrected chi connectivity index (χ2v) is 6.20. The Morgan fingerprint density at radius 2 is 2.00 bits per heavy atom. The van der Waals surface area contributed by atoms with Gasteiger partial charge in [0.25, 0.3) is 11.1 Å². The molecule has 0 saturated carbocycles. The zero-order chi connectivity index (χ0) is 17.5. The van der Waals surface area contributed by atoms with Crippen molar-refractivity contribution >= 4 is 23.4 Å². The third-order valence-electron chi connectivity index (χ3n) is 3.18. The molecule has 0 atom stereocenters. The van der Waals surface area contributed by atoms with Crippen molar-refractivity contribution in [2.45, 2.75) is 18.8 Å². The molecule has 7 heteroatoms. The van der Waals surface area contributed by atoms with E-state index in [0.29, 0.717) is 11.1 Å². The van der Waals surface area contributed by atoms with Crippen molar-refractivity contribution in [3.05, 3.63) is 66.1 Å². The lowest BCUT2D eigenvalue weighted by Crippen LogP contribution is -2.13. The van der Waals surface area contributed by atoms with Gasteiger partial charge in [0.05, 0.1) is 5.75 Å². The van der Waals surface area contributed by atoms with Gasteiger partial charge >= 0.3 is 0 Å². The lowest BCUT2D eigenvalue weighted by molar-refractivity contribution is -0.113. The van der Waals surface area contributed by atoms with Crippen molar-refractivity contribution in [3.8, 4) is 5.75 Å². The van der Waals surface area contributed by atoms with E-state index in [-0.39, 0.29) is 18.3 Å². The number of ether oxygens (including phenoxy) is 1. The van der Waals surface area contributed by atoms with Gasteiger partial charge in [-0.05, 0) is 36.8 Å². The second-order valence-electron chi connectivity index (χ2n) is 5.27. The highest BCUT2D eigenvalue weighted by molar-refractivity contribution is 7.99. The summed E-state index contributed by atoms with van der Waals surface area (Å²) in [6.07, 6.45) is 0. The summed E-state index contributed by atoms with van der Waals surface area (Å²) >= 11 is 1.19. The fraction of sp³-hybridized carbons (Fsp3) is 0.167. The highest BCUT2D eigenvalue weighted by Crippen LogP contribution is 2.18. The van der Waals surface area contributed by atoms with E-state index >= 15 is 0 Å². The largest absolute Gasteiger partial charge is 0.484 e. The zero-order valence-corrected chi connectivity index (χ0v) is 14.5. The lowest BCUT2D eigenvalue weighted by Gasteiger charge is -2.04. The number of hydrogen-bond acceptors (Lipinski definition) is 6. The van der Waals surface area contributed by atoms with Gasteiger partial charge in [0, 0.05) is 5.69 Å². The van der Waals surface area contributed by atoms with Gasteiger partial charge in [-0.15, -0.1) is 10.2 Å². The molecule has 0 bridgehead atoms. The van der Waals surface area contributed by atoms with Crippen LogP contribution in [-0.2, 0) is 11.4 Å². The maximum Gasteiger partial charge on any atom is 0.277 e. The van der Waals surface area contributed by atoms with Crippen LogP contribution in [0.2, 0.25) is 0 Å². The smallest absolute Gasteiger partial charge is 0.277 e. The Balaban J connectivity index is 1.45. The second kappa shape index (κ2) is 8.34. The van der Waals surface area contributed by atoms with Crippen molar-refractivity contribution in [1.82, 2.24) is 10.2 Å². The average molecular weight is 355 g/mol. The normalized spacial score (nSPS) is 10.4. The number of amides is 1. The van der Waals surface area contributed by atoms with Gasteiger partial charge in [0.1, 0.15) is 5.75 Å². The number of benzene rings is 2. The van der Waals surface area contributed by atoms with E-state index in [9.17, 15) is 4.79 Å². The number of nitrogens with one attached hydrogen (secondary N) is 1. The Morgan fingerprint density at radius 3 is 2.80 bits per heavy atom. The third-order valence-corrected chi connectivity index (χ3v) is 4.00. The summed E-state index contributed by atoms with van der Waals surface area (Å²) in [7, 11) is 0. The molecule has 0 radical (unpaired) electrons. The molecule has 0 fully saturated rings. The molecule has 2 aromatic carbocycles. The van der Waals surface area contributed by atoms with Crippen LogP contribution in [-0.4, -0.2) is 21.9 Å². The minimum Gasteiger partial charge on any atom is -0.484 e. The van der Waals surface area contributed by atoms with Crippen molar-refractivity contribution in [1.29, 1.82) is 0 Å². The summed E-state index contributed by atoms with van der Waals surface area (Å²) in [5, 5.41) is 11.0. The summed E-state index contributed by atoms with van der Waals surface area (Å²) in [5.41, 5.74) is 1.86. The standard InChI is InChI=1S/C18H17N3O3S/c1-13-6-5-7-14(10-13)19-16(22)12-25-18-21-20-17(24-18)11-23-15-8-3-2-4-9-15/h2-10H,11-12H2,1H3,(H,19,22). The van der Waals surface area contributed by atoms with E-state index in [1.807, 2.05) is 61.5 Å². The first-order valence-corrected chi connectivity index (χ1v) is 8.67. The van der Waals surface area contributed by atoms with E-state index in [1.165, 1.54) is 11.8 Å². The predicted octanol–water partition coefficient (Wildman–Crippen LogP) is 3.69. The van der Waals surface area contributed by atoms with Crippen molar-refractivity contribution < 1.29 is 13.9 Å². The molecular formula is C18H17N3O3S. The first-order valence-electron chi connectivity index (χ1n) is 7.68.